The van der Waals surface area contributed by atoms with Gasteiger partial charge in [0.1, 0.15) is 11.5 Å². The van der Waals surface area contributed by atoms with Crippen molar-refractivity contribution in [3.8, 4) is 5.75 Å². The normalized spacial score (nSPS) is 17.4. The Morgan fingerprint density at radius 1 is 1.00 bits per heavy atom. The van der Waals surface area contributed by atoms with Gasteiger partial charge in [0.05, 0.1) is 18.2 Å². The summed E-state index contributed by atoms with van der Waals surface area (Å²) in [6.45, 7) is 8.59. The lowest BCUT2D eigenvalue weighted by Crippen LogP contribution is -2.29. The van der Waals surface area contributed by atoms with Gasteiger partial charge in [-0.2, -0.15) is 0 Å². The highest BCUT2D eigenvalue weighted by atomic mass is 16.5. The minimum Gasteiger partial charge on any atom is -0.507 e. The van der Waals surface area contributed by atoms with E-state index in [1.54, 1.807) is 48.8 Å². The van der Waals surface area contributed by atoms with Gasteiger partial charge in [0, 0.05) is 23.6 Å². The summed E-state index contributed by atoms with van der Waals surface area (Å²) in [5.41, 5.74) is 3.73. The number of anilines is 1. The van der Waals surface area contributed by atoms with Gasteiger partial charge in [-0.15, -0.1) is 0 Å². The standard InChI is InChI=1S/C28H28N2O4/c1-17(2)16-34-23-7-5-21(6-8-23)26(31)24-25(20-9-11-29-12-10-20)30(28(33)27(24)32)22-14-18(3)13-19(4)15-22/h5-15,17,25,31H,16H2,1-4H3/b26-24+. The fourth-order valence-electron chi connectivity index (χ4n) is 4.18. The van der Waals surface area contributed by atoms with Crippen LogP contribution in [-0.2, 0) is 9.59 Å². The van der Waals surface area contributed by atoms with E-state index in [1.807, 2.05) is 32.0 Å². The van der Waals surface area contributed by atoms with Crippen molar-refractivity contribution in [2.45, 2.75) is 33.7 Å². The second-order valence-corrected chi connectivity index (χ2v) is 9.02. The first-order chi connectivity index (χ1) is 16.3. The lowest BCUT2D eigenvalue weighted by Gasteiger charge is -2.26. The van der Waals surface area contributed by atoms with Crippen molar-refractivity contribution in [3.05, 3.63) is 94.8 Å². The number of hydrogen-bond donors (Lipinski definition) is 1. The fraction of sp³-hybridized carbons (Fsp3) is 0.250. The maximum absolute atomic E-state index is 13.3. The maximum Gasteiger partial charge on any atom is 0.300 e. The minimum absolute atomic E-state index is 0.0474. The number of aliphatic hydroxyl groups excluding tert-OH is 1. The number of carbonyl (C=O) groups excluding carboxylic acids is 2. The molecule has 6 heteroatoms. The van der Waals surface area contributed by atoms with E-state index in [1.165, 1.54) is 4.90 Å². The van der Waals surface area contributed by atoms with Gasteiger partial charge in [-0.1, -0.05) is 19.9 Å². The molecule has 0 spiro atoms. The van der Waals surface area contributed by atoms with Gasteiger partial charge in [0.2, 0.25) is 0 Å². The highest BCUT2D eigenvalue weighted by Gasteiger charge is 2.47. The second-order valence-electron chi connectivity index (χ2n) is 9.02. The lowest BCUT2D eigenvalue weighted by molar-refractivity contribution is -0.132. The number of aryl methyl sites for hydroxylation is 2. The van der Waals surface area contributed by atoms with Crippen molar-refractivity contribution in [1.82, 2.24) is 4.98 Å². The minimum atomic E-state index is -0.777. The van der Waals surface area contributed by atoms with Gasteiger partial charge in [-0.3, -0.25) is 19.5 Å². The first-order valence-corrected chi connectivity index (χ1v) is 11.3. The molecule has 1 aliphatic rings. The third-order valence-electron chi connectivity index (χ3n) is 5.66. The number of rotatable bonds is 6. The Morgan fingerprint density at radius 3 is 2.21 bits per heavy atom. The molecule has 0 saturated carbocycles. The number of aliphatic hydroxyl groups is 1. The van der Waals surface area contributed by atoms with Crippen LogP contribution < -0.4 is 9.64 Å². The predicted octanol–water partition coefficient (Wildman–Crippen LogP) is 5.36. The Balaban J connectivity index is 1.82. The third kappa shape index (κ3) is 4.57. The molecule has 2 aromatic carbocycles. The Kier molecular flexibility index (Phi) is 6.50. The number of carbonyl (C=O) groups is 2. The topological polar surface area (TPSA) is 79.7 Å². The SMILES string of the molecule is Cc1cc(C)cc(N2C(=O)C(=O)/C(=C(/O)c3ccc(OCC(C)C)cc3)C2c2ccncc2)c1. The number of pyridine rings is 1. The highest BCUT2D eigenvalue weighted by molar-refractivity contribution is 6.51. The summed E-state index contributed by atoms with van der Waals surface area (Å²) < 4.78 is 5.72. The lowest BCUT2D eigenvalue weighted by atomic mass is 9.95. The van der Waals surface area contributed by atoms with Crippen molar-refractivity contribution in [2.75, 3.05) is 11.5 Å². The molecule has 3 aromatic rings. The van der Waals surface area contributed by atoms with Crippen LogP contribution in [-0.4, -0.2) is 28.4 Å². The smallest absolute Gasteiger partial charge is 0.300 e. The van der Waals surface area contributed by atoms with E-state index in [2.05, 4.69) is 18.8 Å². The van der Waals surface area contributed by atoms with Crippen LogP contribution in [0.3, 0.4) is 0 Å². The van der Waals surface area contributed by atoms with Gasteiger partial charge < -0.3 is 9.84 Å². The molecule has 0 bridgehead atoms. The number of ether oxygens (including phenoxy) is 1. The van der Waals surface area contributed by atoms with Gasteiger partial charge in [0.15, 0.2) is 0 Å². The van der Waals surface area contributed by atoms with Crippen LogP contribution in [0.1, 0.15) is 42.1 Å². The monoisotopic (exact) mass is 456 g/mol. The molecule has 1 aliphatic heterocycles. The Hall–Kier alpha value is -3.93. The second kappa shape index (κ2) is 9.51. The van der Waals surface area contributed by atoms with Crippen LogP contribution in [0.5, 0.6) is 5.75 Å². The van der Waals surface area contributed by atoms with E-state index in [4.69, 9.17) is 4.74 Å². The molecule has 1 aromatic heterocycles. The molecule has 1 saturated heterocycles. The zero-order valence-electron chi connectivity index (χ0n) is 19.8. The fourth-order valence-corrected chi connectivity index (χ4v) is 4.18. The van der Waals surface area contributed by atoms with E-state index in [0.717, 1.165) is 11.1 Å². The molecule has 2 heterocycles. The average Bonchev–Trinajstić information content (AvgIpc) is 3.08. The molecule has 34 heavy (non-hydrogen) atoms. The van der Waals surface area contributed by atoms with Crippen molar-refractivity contribution in [1.29, 1.82) is 0 Å². The number of Topliss-reactive ketones (excluding diaryl/α,β-unsaturated/α-hetero) is 1. The molecule has 1 amide bonds. The molecule has 0 radical (unpaired) electrons. The largest absolute Gasteiger partial charge is 0.507 e. The van der Waals surface area contributed by atoms with Gasteiger partial charge in [-0.25, -0.2) is 0 Å². The molecule has 1 unspecified atom stereocenters. The van der Waals surface area contributed by atoms with E-state index in [0.29, 0.717) is 35.1 Å². The van der Waals surface area contributed by atoms with Crippen LogP contribution in [0.4, 0.5) is 5.69 Å². The summed E-state index contributed by atoms with van der Waals surface area (Å²) in [6, 6.07) is 15.4. The average molecular weight is 457 g/mol. The quantitative estimate of drug-likeness (QED) is 0.307. The van der Waals surface area contributed by atoms with E-state index in [-0.39, 0.29) is 11.3 Å². The van der Waals surface area contributed by atoms with Crippen LogP contribution in [0, 0.1) is 19.8 Å². The predicted molar refractivity (Wildman–Crippen MR) is 132 cm³/mol. The van der Waals surface area contributed by atoms with Crippen molar-refractivity contribution < 1.29 is 19.4 Å². The van der Waals surface area contributed by atoms with Crippen molar-refractivity contribution in [3.63, 3.8) is 0 Å². The van der Waals surface area contributed by atoms with Crippen LogP contribution in [0.15, 0.2) is 72.6 Å². The van der Waals surface area contributed by atoms with Gasteiger partial charge in [0.25, 0.3) is 11.7 Å². The number of aromatic nitrogens is 1. The number of amides is 1. The molecule has 174 valence electrons. The number of hydrogen-bond acceptors (Lipinski definition) is 5. The van der Waals surface area contributed by atoms with E-state index in [9.17, 15) is 14.7 Å². The van der Waals surface area contributed by atoms with E-state index < -0.39 is 17.7 Å². The van der Waals surface area contributed by atoms with Crippen molar-refractivity contribution in [2.24, 2.45) is 5.92 Å². The number of ketones is 1. The third-order valence-corrected chi connectivity index (χ3v) is 5.66. The molecule has 1 fully saturated rings. The molecule has 1 atom stereocenters. The zero-order chi connectivity index (χ0) is 24.4. The number of benzene rings is 2. The number of nitrogens with zero attached hydrogens (tertiary/aromatic N) is 2. The zero-order valence-corrected chi connectivity index (χ0v) is 19.8. The summed E-state index contributed by atoms with van der Waals surface area (Å²) in [5, 5.41) is 11.2. The molecule has 0 aliphatic carbocycles. The maximum atomic E-state index is 13.3. The Labute approximate surface area is 199 Å². The van der Waals surface area contributed by atoms with Gasteiger partial charge >= 0.3 is 0 Å². The summed E-state index contributed by atoms with van der Waals surface area (Å²) in [5.74, 6) is -0.562. The van der Waals surface area contributed by atoms with Crippen LogP contribution in [0.2, 0.25) is 0 Å². The Morgan fingerprint density at radius 2 is 1.62 bits per heavy atom. The molecule has 1 N–H and O–H groups in total. The summed E-state index contributed by atoms with van der Waals surface area (Å²) in [4.78, 5) is 32.0. The Bertz CT molecular complexity index is 1230. The van der Waals surface area contributed by atoms with E-state index >= 15 is 0 Å². The summed E-state index contributed by atoms with van der Waals surface area (Å²) in [7, 11) is 0. The van der Waals surface area contributed by atoms with Crippen LogP contribution in [0.25, 0.3) is 5.76 Å². The van der Waals surface area contributed by atoms with Gasteiger partial charge in [-0.05, 0) is 85.0 Å². The highest BCUT2D eigenvalue weighted by Crippen LogP contribution is 2.42. The first kappa shape index (κ1) is 23.2. The molecule has 4 rings (SSSR count). The summed E-state index contributed by atoms with van der Waals surface area (Å²) >= 11 is 0. The molecular formula is C28H28N2O4. The first-order valence-electron chi connectivity index (χ1n) is 11.3. The molecule has 6 nitrogen and oxygen atoms in total. The molecular weight excluding hydrogens is 428 g/mol. The summed E-state index contributed by atoms with van der Waals surface area (Å²) in [6.07, 6.45) is 3.22. The van der Waals surface area contributed by atoms with Crippen LogP contribution >= 0.6 is 0 Å². The van der Waals surface area contributed by atoms with Crippen molar-refractivity contribution >= 4 is 23.1 Å².